The minimum atomic E-state index is -0.215. The Kier molecular flexibility index (Phi) is 4.48. The van der Waals surface area contributed by atoms with Crippen LogP contribution in [0.1, 0.15) is 12.5 Å². The highest BCUT2D eigenvalue weighted by Crippen LogP contribution is 2.27. The van der Waals surface area contributed by atoms with Crippen molar-refractivity contribution in [2.24, 2.45) is 11.7 Å². The van der Waals surface area contributed by atoms with Crippen molar-refractivity contribution in [1.82, 2.24) is 4.90 Å². The van der Waals surface area contributed by atoms with E-state index in [1.54, 1.807) is 0 Å². The molecule has 0 aliphatic carbocycles. The van der Waals surface area contributed by atoms with Crippen LogP contribution in [0, 0.1) is 11.3 Å². The smallest absolute Gasteiger partial charge is 0.147 e. The molecule has 1 aliphatic heterocycles. The molecule has 1 aliphatic rings. The molecule has 0 fully saturated rings. The van der Waals surface area contributed by atoms with Crippen molar-refractivity contribution in [2.75, 3.05) is 14.1 Å². The Labute approximate surface area is 125 Å². The number of hydrogen-bond acceptors (Lipinski definition) is 3. The van der Waals surface area contributed by atoms with Crippen molar-refractivity contribution in [2.45, 2.75) is 6.92 Å². The van der Waals surface area contributed by atoms with Crippen molar-refractivity contribution >= 4 is 11.9 Å². The van der Waals surface area contributed by atoms with Crippen LogP contribution in [-0.4, -0.2) is 24.8 Å². The molecule has 3 N–H and O–H groups in total. The van der Waals surface area contributed by atoms with Crippen LogP contribution in [0.15, 0.2) is 59.7 Å². The summed E-state index contributed by atoms with van der Waals surface area (Å²) in [6.45, 7) is 1.87. The first kappa shape index (κ1) is 14.9. The van der Waals surface area contributed by atoms with Crippen molar-refractivity contribution < 1.29 is 4.74 Å². The van der Waals surface area contributed by atoms with E-state index in [9.17, 15) is 0 Å². The fourth-order valence-corrected chi connectivity index (χ4v) is 2.15. The number of rotatable bonds is 4. The third-order valence-corrected chi connectivity index (χ3v) is 3.21. The summed E-state index contributed by atoms with van der Waals surface area (Å²) in [5, 5.41) is 7.64. The SMILES string of the molecule is CC1=CC(C(=N)N)C=C(C(=Cc2ccccc2)N(C)C)O1. The van der Waals surface area contributed by atoms with Gasteiger partial charge in [0.2, 0.25) is 0 Å². The molecule has 1 unspecified atom stereocenters. The fourth-order valence-electron chi connectivity index (χ4n) is 2.15. The van der Waals surface area contributed by atoms with Gasteiger partial charge in [0.1, 0.15) is 11.6 Å². The molecule has 1 aromatic carbocycles. The molecule has 0 amide bonds. The Morgan fingerprint density at radius 2 is 1.90 bits per heavy atom. The summed E-state index contributed by atoms with van der Waals surface area (Å²) in [5.41, 5.74) is 7.67. The molecular weight excluding hydrogens is 262 g/mol. The van der Waals surface area contributed by atoms with Crippen LogP contribution >= 0.6 is 0 Å². The van der Waals surface area contributed by atoms with Gasteiger partial charge in [0.25, 0.3) is 0 Å². The van der Waals surface area contributed by atoms with E-state index in [2.05, 4.69) is 6.08 Å². The number of hydrogen-bond donors (Lipinski definition) is 2. The van der Waals surface area contributed by atoms with Gasteiger partial charge in [0, 0.05) is 14.1 Å². The average molecular weight is 283 g/mol. The first-order valence-corrected chi connectivity index (χ1v) is 6.84. The zero-order valence-corrected chi connectivity index (χ0v) is 12.6. The van der Waals surface area contributed by atoms with Gasteiger partial charge in [-0.1, -0.05) is 30.3 Å². The Morgan fingerprint density at radius 3 is 2.48 bits per heavy atom. The van der Waals surface area contributed by atoms with Crippen molar-refractivity contribution in [3.63, 3.8) is 0 Å². The third kappa shape index (κ3) is 3.75. The number of amidine groups is 1. The van der Waals surface area contributed by atoms with Crippen LogP contribution < -0.4 is 5.73 Å². The Hall–Kier alpha value is -2.49. The predicted octanol–water partition coefficient (Wildman–Crippen LogP) is 2.96. The van der Waals surface area contributed by atoms with Crippen molar-refractivity contribution in [3.05, 3.63) is 65.3 Å². The Balaban J connectivity index is 2.39. The molecule has 4 heteroatoms. The van der Waals surface area contributed by atoms with E-state index in [0.29, 0.717) is 0 Å². The van der Waals surface area contributed by atoms with E-state index in [4.69, 9.17) is 15.9 Å². The maximum atomic E-state index is 7.64. The number of allylic oxidation sites excluding steroid dienone is 1. The maximum absolute atomic E-state index is 7.64. The van der Waals surface area contributed by atoms with Crippen LogP contribution in [0.2, 0.25) is 0 Å². The molecule has 1 heterocycles. The molecule has 21 heavy (non-hydrogen) atoms. The fraction of sp³-hybridized carbons (Fsp3) is 0.235. The van der Waals surface area contributed by atoms with Gasteiger partial charge in [0.15, 0.2) is 0 Å². The number of ether oxygens (including phenoxy) is 1. The molecule has 0 spiro atoms. The minimum Gasteiger partial charge on any atom is -0.460 e. The van der Waals surface area contributed by atoms with E-state index in [1.807, 2.05) is 68.4 Å². The normalized spacial score (nSPS) is 18.4. The first-order valence-electron chi connectivity index (χ1n) is 6.84. The zero-order valence-electron chi connectivity index (χ0n) is 12.6. The molecule has 0 bridgehead atoms. The highest BCUT2D eigenvalue weighted by molar-refractivity contribution is 5.83. The molecule has 4 nitrogen and oxygen atoms in total. The Bertz CT molecular complexity index is 612. The van der Waals surface area contributed by atoms with E-state index < -0.39 is 0 Å². The molecule has 2 rings (SSSR count). The number of likely N-dealkylation sites (N-methyl/N-ethyl adjacent to an activating group) is 1. The summed E-state index contributed by atoms with van der Waals surface area (Å²) >= 11 is 0. The second-order valence-electron chi connectivity index (χ2n) is 5.23. The van der Waals surface area contributed by atoms with Crippen LogP contribution in [-0.2, 0) is 4.74 Å². The monoisotopic (exact) mass is 283 g/mol. The lowest BCUT2D eigenvalue weighted by Crippen LogP contribution is -2.24. The summed E-state index contributed by atoms with van der Waals surface area (Å²) in [6, 6.07) is 10.1. The van der Waals surface area contributed by atoms with Gasteiger partial charge in [-0.2, -0.15) is 0 Å². The lowest BCUT2D eigenvalue weighted by molar-refractivity contribution is 0.283. The molecule has 110 valence electrons. The average Bonchev–Trinajstić information content (AvgIpc) is 2.44. The van der Waals surface area contributed by atoms with Gasteiger partial charge < -0.3 is 15.4 Å². The standard InChI is InChI=1S/C17H21N3O/c1-12-9-14(17(18)19)11-16(21-12)15(20(2)3)10-13-7-5-4-6-8-13/h4-11,14H,1-3H3,(H3,18,19). The summed E-state index contributed by atoms with van der Waals surface area (Å²) < 4.78 is 5.82. The predicted molar refractivity (Wildman–Crippen MR) is 86.4 cm³/mol. The van der Waals surface area contributed by atoms with Crippen LogP contribution in [0.4, 0.5) is 0 Å². The van der Waals surface area contributed by atoms with Crippen LogP contribution in [0.5, 0.6) is 0 Å². The highest BCUT2D eigenvalue weighted by atomic mass is 16.5. The van der Waals surface area contributed by atoms with Crippen LogP contribution in [0.25, 0.3) is 6.08 Å². The number of nitrogens with one attached hydrogen (secondary N) is 1. The lowest BCUT2D eigenvalue weighted by Gasteiger charge is -2.25. The van der Waals surface area contributed by atoms with Gasteiger partial charge >= 0.3 is 0 Å². The molecule has 0 saturated heterocycles. The Morgan fingerprint density at radius 1 is 1.24 bits per heavy atom. The first-order chi connectivity index (χ1) is 9.97. The van der Waals surface area contributed by atoms with E-state index in [-0.39, 0.29) is 11.8 Å². The summed E-state index contributed by atoms with van der Waals surface area (Å²) in [7, 11) is 3.94. The second-order valence-corrected chi connectivity index (χ2v) is 5.23. The van der Waals surface area contributed by atoms with Gasteiger partial charge in [-0.05, 0) is 30.7 Å². The third-order valence-electron chi connectivity index (χ3n) is 3.21. The zero-order chi connectivity index (χ0) is 15.4. The van der Waals surface area contributed by atoms with Crippen LogP contribution in [0.3, 0.4) is 0 Å². The van der Waals surface area contributed by atoms with Gasteiger partial charge in [-0.15, -0.1) is 0 Å². The highest BCUT2D eigenvalue weighted by Gasteiger charge is 2.19. The minimum absolute atomic E-state index is 0.118. The quantitative estimate of drug-likeness (QED) is 0.659. The largest absolute Gasteiger partial charge is 0.460 e. The molecule has 0 radical (unpaired) electrons. The summed E-state index contributed by atoms with van der Waals surface area (Å²) in [6.07, 6.45) is 5.79. The lowest BCUT2D eigenvalue weighted by atomic mass is 10.0. The van der Waals surface area contributed by atoms with Gasteiger partial charge in [-0.25, -0.2) is 0 Å². The molecule has 1 aromatic rings. The second kappa shape index (κ2) is 6.31. The number of nitrogens with two attached hydrogens (primary N) is 1. The topological polar surface area (TPSA) is 62.3 Å². The van der Waals surface area contributed by atoms with E-state index in [0.717, 1.165) is 22.8 Å². The van der Waals surface area contributed by atoms with E-state index >= 15 is 0 Å². The van der Waals surface area contributed by atoms with Crippen molar-refractivity contribution in [3.8, 4) is 0 Å². The number of nitrogens with zero attached hydrogens (tertiary/aromatic N) is 1. The molecular formula is C17H21N3O. The van der Waals surface area contributed by atoms with Crippen molar-refractivity contribution in [1.29, 1.82) is 5.41 Å². The molecule has 0 saturated carbocycles. The van der Waals surface area contributed by atoms with Gasteiger partial charge in [0.05, 0.1) is 17.4 Å². The van der Waals surface area contributed by atoms with E-state index in [1.165, 1.54) is 0 Å². The molecule has 1 atom stereocenters. The number of benzene rings is 1. The summed E-state index contributed by atoms with van der Waals surface area (Å²) in [5.74, 6) is 1.39. The molecule has 0 aromatic heterocycles. The summed E-state index contributed by atoms with van der Waals surface area (Å²) in [4.78, 5) is 1.99. The maximum Gasteiger partial charge on any atom is 0.147 e. The van der Waals surface area contributed by atoms with Gasteiger partial charge in [-0.3, -0.25) is 5.41 Å².